The van der Waals surface area contributed by atoms with E-state index < -0.39 is 0 Å². The fourth-order valence-electron chi connectivity index (χ4n) is 3.92. The predicted octanol–water partition coefficient (Wildman–Crippen LogP) is 5.66. The molecule has 0 N–H and O–H groups in total. The van der Waals surface area contributed by atoms with E-state index in [1.807, 2.05) is 13.8 Å². The Hall–Kier alpha value is -0.806. The Morgan fingerprint density at radius 3 is 2.13 bits per heavy atom. The molecule has 5 heteroatoms. The Balaban J connectivity index is 0.00000450. The van der Waals surface area contributed by atoms with E-state index in [4.69, 9.17) is 0 Å². The maximum absolute atomic E-state index is 11.6. The number of carbonyl (C=O) groups is 1. The van der Waals surface area contributed by atoms with Crippen molar-refractivity contribution in [3.8, 4) is 0 Å². The third-order valence-corrected chi connectivity index (χ3v) is 5.92. The van der Waals surface area contributed by atoms with E-state index in [0.29, 0.717) is 5.78 Å². The van der Waals surface area contributed by atoms with Crippen molar-refractivity contribution in [2.75, 3.05) is 44.7 Å². The average molecular weight is 452 g/mol. The standard InChI is InChI=1S/C25H42N3O.V/c1-22(2)25(29)11-9-7-5-4-6-8-10-18-27(3)21-23-12-14-24(15-13-23)28-19-16-26-17-20-28;/h12-15,22H,4-11,16-21H2,1-3H3;/q-1;. The fraction of sp³-hybridized carbons (Fsp3) is 0.720. The van der Waals surface area contributed by atoms with Crippen molar-refractivity contribution >= 4 is 11.5 Å². The Morgan fingerprint density at radius 1 is 0.967 bits per heavy atom. The van der Waals surface area contributed by atoms with Gasteiger partial charge in [-0.2, -0.15) is 0 Å². The number of hydrogen-bond donors (Lipinski definition) is 0. The van der Waals surface area contributed by atoms with Crippen LogP contribution in [0.3, 0.4) is 0 Å². The monoisotopic (exact) mass is 451 g/mol. The first kappa shape index (κ1) is 27.2. The van der Waals surface area contributed by atoms with Crippen molar-refractivity contribution in [3.05, 3.63) is 35.1 Å². The van der Waals surface area contributed by atoms with E-state index in [0.717, 1.165) is 52.1 Å². The Kier molecular flexibility index (Phi) is 14.4. The van der Waals surface area contributed by atoms with Gasteiger partial charge in [0.2, 0.25) is 0 Å². The summed E-state index contributed by atoms with van der Waals surface area (Å²) < 4.78 is 0. The molecule has 1 aliphatic rings. The van der Waals surface area contributed by atoms with Gasteiger partial charge in [0.1, 0.15) is 5.78 Å². The van der Waals surface area contributed by atoms with Crippen molar-refractivity contribution in [2.24, 2.45) is 5.92 Å². The van der Waals surface area contributed by atoms with Gasteiger partial charge in [-0.05, 0) is 57.2 Å². The molecule has 1 radical (unpaired) electrons. The van der Waals surface area contributed by atoms with Crippen LogP contribution in [0.4, 0.5) is 5.69 Å². The van der Waals surface area contributed by atoms with Crippen LogP contribution in [0, 0.1) is 5.92 Å². The van der Waals surface area contributed by atoms with Crippen LogP contribution in [0.2, 0.25) is 0 Å². The number of unbranched alkanes of at least 4 members (excludes halogenated alkanes) is 6. The van der Waals surface area contributed by atoms with Crippen LogP contribution >= 0.6 is 0 Å². The molecule has 0 atom stereocenters. The van der Waals surface area contributed by atoms with E-state index in [-0.39, 0.29) is 24.5 Å². The number of rotatable bonds is 14. The summed E-state index contributed by atoms with van der Waals surface area (Å²) in [5.74, 6) is 0.626. The van der Waals surface area contributed by atoms with Gasteiger partial charge in [-0.15, -0.1) is 13.1 Å². The minimum atomic E-state index is 0. The summed E-state index contributed by atoms with van der Waals surface area (Å²) in [6.45, 7) is 10.2. The minimum Gasteiger partial charge on any atom is -0.659 e. The summed E-state index contributed by atoms with van der Waals surface area (Å²) in [5, 5.41) is 4.42. The van der Waals surface area contributed by atoms with Crippen LogP contribution in [-0.4, -0.2) is 50.5 Å². The molecule has 169 valence electrons. The van der Waals surface area contributed by atoms with E-state index in [9.17, 15) is 4.79 Å². The molecule has 4 nitrogen and oxygen atoms in total. The molecule has 0 bridgehead atoms. The molecule has 1 heterocycles. The van der Waals surface area contributed by atoms with E-state index in [1.54, 1.807) is 0 Å². The molecule has 0 aliphatic carbocycles. The first-order chi connectivity index (χ1) is 14.1. The van der Waals surface area contributed by atoms with E-state index in [1.165, 1.54) is 49.8 Å². The van der Waals surface area contributed by atoms with Crippen LogP contribution in [0.25, 0.3) is 5.32 Å². The second kappa shape index (κ2) is 15.9. The molecule has 30 heavy (non-hydrogen) atoms. The number of anilines is 1. The number of Topliss-reactive ketones (excluding diaryl/α,β-unsaturated/α-hetero) is 1. The Bertz CT molecular complexity index is 570. The summed E-state index contributed by atoms with van der Waals surface area (Å²) in [4.78, 5) is 16.5. The number of nitrogens with zero attached hydrogens (tertiary/aromatic N) is 3. The Labute approximate surface area is 197 Å². The number of benzene rings is 1. The third-order valence-electron chi connectivity index (χ3n) is 5.92. The molecule has 0 amide bonds. The molecule has 0 saturated carbocycles. The van der Waals surface area contributed by atoms with Crippen LogP contribution in [-0.2, 0) is 29.9 Å². The number of piperazine rings is 1. The molecule has 0 aromatic heterocycles. The number of hydrogen-bond acceptors (Lipinski definition) is 3. The van der Waals surface area contributed by atoms with E-state index >= 15 is 0 Å². The van der Waals surface area contributed by atoms with Crippen molar-refractivity contribution < 1.29 is 23.4 Å². The van der Waals surface area contributed by atoms with Crippen LogP contribution in [0.1, 0.15) is 70.8 Å². The summed E-state index contributed by atoms with van der Waals surface area (Å²) in [6, 6.07) is 9.09. The molecule has 1 aromatic carbocycles. The zero-order valence-corrected chi connectivity index (χ0v) is 20.9. The van der Waals surface area contributed by atoms with Crippen LogP contribution in [0.15, 0.2) is 24.3 Å². The summed E-state index contributed by atoms with van der Waals surface area (Å²) in [7, 11) is 2.23. The minimum absolute atomic E-state index is 0. The van der Waals surface area contributed by atoms with Crippen molar-refractivity contribution in [3.63, 3.8) is 0 Å². The summed E-state index contributed by atoms with van der Waals surface area (Å²) >= 11 is 0. The first-order valence-corrected chi connectivity index (χ1v) is 11.7. The summed E-state index contributed by atoms with van der Waals surface area (Å²) in [6.07, 6.45) is 9.56. The Morgan fingerprint density at radius 2 is 1.53 bits per heavy atom. The van der Waals surface area contributed by atoms with Gasteiger partial charge in [0, 0.05) is 43.1 Å². The predicted molar refractivity (Wildman–Crippen MR) is 125 cm³/mol. The second-order valence-corrected chi connectivity index (χ2v) is 8.91. The number of carbonyl (C=O) groups excluding carboxylic acids is 1. The molecule has 1 aliphatic heterocycles. The zero-order chi connectivity index (χ0) is 20.9. The van der Waals surface area contributed by atoms with Crippen LogP contribution < -0.4 is 4.90 Å². The van der Waals surface area contributed by atoms with Gasteiger partial charge in [-0.3, -0.25) is 4.79 Å². The van der Waals surface area contributed by atoms with Crippen molar-refractivity contribution in [1.82, 2.24) is 4.90 Å². The molecule has 1 saturated heterocycles. The maximum atomic E-state index is 11.6. The smallest absolute Gasteiger partial charge is 0.135 e. The molecular weight excluding hydrogens is 409 g/mol. The third kappa shape index (κ3) is 11.0. The normalized spacial score (nSPS) is 14.2. The van der Waals surface area contributed by atoms with Gasteiger partial charge in [0.15, 0.2) is 0 Å². The fourth-order valence-corrected chi connectivity index (χ4v) is 3.92. The van der Waals surface area contributed by atoms with Crippen molar-refractivity contribution in [2.45, 2.75) is 71.8 Å². The van der Waals surface area contributed by atoms with Gasteiger partial charge < -0.3 is 15.1 Å². The van der Waals surface area contributed by atoms with Crippen LogP contribution in [0.5, 0.6) is 0 Å². The quantitative estimate of drug-likeness (QED) is 0.343. The van der Waals surface area contributed by atoms with Gasteiger partial charge in [-0.25, -0.2) is 0 Å². The van der Waals surface area contributed by atoms with E-state index in [2.05, 4.69) is 46.4 Å². The molecule has 0 unspecified atom stereocenters. The SMILES string of the molecule is CC(C)C(=O)CCCCCCCCCN(C)Cc1ccc(N2CC[N-]CC2)cc1.[V]. The topological polar surface area (TPSA) is 37.7 Å². The molecule has 2 rings (SSSR count). The second-order valence-electron chi connectivity index (χ2n) is 8.91. The zero-order valence-electron chi connectivity index (χ0n) is 19.5. The number of ketones is 1. The largest absolute Gasteiger partial charge is 0.659 e. The van der Waals surface area contributed by atoms with Gasteiger partial charge in [0.05, 0.1) is 0 Å². The molecular formula is C25H42N3OV-. The summed E-state index contributed by atoms with van der Waals surface area (Å²) in [5.41, 5.74) is 2.73. The van der Waals surface area contributed by atoms with Gasteiger partial charge >= 0.3 is 0 Å². The maximum Gasteiger partial charge on any atom is 0.135 e. The first-order valence-electron chi connectivity index (χ1n) is 11.7. The molecule has 1 fully saturated rings. The molecule has 1 aromatic rings. The van der Waals surface area contributed by atoms with Gasteiger partial charge in [-0.1, -0.05) is 58.1 Å². The van der Waals surface area contributed by atoms with Crippen molar-refractivity contribution in [1.29, 1.82) is 0 Å². The average Bonchev–Trinajstić information content (AvgIpc) is 2.73. The molecule has 0 spiro atoms. The van der Waals surface area contributed by atoms with Gasteiger partial charge in [0.25, 0.3) is 0 Å².